The largest absolute Gasteiger partial charge is 0.481 e. The average molecular weight is 389 g/mol. The molecule has 0 bridgehead atoms. The van der Waals surface area contributed by atoms with Crippen molar-refractivity contribution in [2.75, 3.05) is 25.0 Å². The zero-order chi connectivity index (χ0) is 20.1. The Hall–Kier alpha value is -1.96. The number of hydrogen-bond acceptors (Lipinski definition) is 5. The van der Waals surface area contributed by atoms with Crippen molar-refractivity contribution in [1.82, 2.24) is 10.2 Å². The van der Waals surface area contributed by atoms with Crippen LogP contribution in [-0.4, -0.2) is 59.8 Å². The molecule has 2 aliphatic heterocycles. The van der Waals surface area contributed by atoms with Gasteiger partial charge in [-0.3, -0.25) is 14.5 Å². The van der Waals surface area contributed by atoms with Crippen molar-refractivity contribution in [3.05, 3.63) is 29.3 Å². The van der Waals surface area contributed by atoms with Crippen LogP contribution in [0.25, 0.3) is 0 Å². The van der Waals surface area contributed by atoms with Crippen LogP contribution < -0.4 is 10.6 Å². The molecule has 1 aromatic rings. The van der Waals surface area contributed by atoms with Crippen molar-refractivity contribution in [3.8, 4) is 0 Å². The van der Waals surface area contributed by atoms with Crippen LogP contribution in [0.5, 0.6) is 0 Å². The number of piperidine rings is 1. The normalized spacial score (nSPS) is 23.6. The van der Waals surface area contributed by atoms with Crippen LogP contribution in [0.3, 0.4) is 0 Å². The molecule has 2 aliphatic rings. The summed E-state index contributed by atoms with van der Waals surface area (Å²) in [5, 5.41) is 15.2. The zero-order valence-electron chi connectivity index (χ0n) is 16.7. The first kappa shape index (κ1) is 20.8. The van der Waals surface area contributed by atoms with Crippen molar-refractivity contribution >= 4 is 17.6 Å². The van der Waals surface area contributed by atoms with E-state index in [-0.39, 0.29) is 18.4 Å². The summed E-state index contributed by atoms with van der Waals surface area (Å²) in [6, 6.07) is 6.40. The molecule has 7 nitrogen and oxygen atoms in total. The molecule has 28 heavy (non-hydrogen) atoms. The van der Waals surface area contributed by atoms with E-state index in [4.69, 9.17) is 9.84 Å². The highest BCUT2D eigenvalue weighted by Gasteiger charge is 2.24. The predicted octanol–water partition coefficient (Wildman–Crippen LogP) is 2.00. The Bertz CT molecular complexity index is 709. The maximum Gasteiger partial charge on any atom is 0.304 e. The molecular weight excluding hydrogens is 358 g/mol. The van der Waals surface area contributed by atoms with Gasteiger partial charge in [0.15, 0.2) is 0 Å². The zero-order valence-corrected chi connectivity index (χ0v) is 16.7. The van der Waals surface area contributed by atoms with Gasteiger partial charge in [-0.05, 0) is 62.9 Å². The number of nitrogens with zero attached hydrogens (tertiary/aromatic N) is 1. The van der Waals surface area contributed by atoms with Crippen LogP contribution in [0.15, 0.2) is 18.2 Å². The number of rotatable bonds is 7. The fourth-order valence-electron chi connectivity index (χ4n) is 3.94. The van der Waals surface area contributed by atoms with E-state index in [1.54, 1.807) is 6.92 Å². The van der Waals surface area contributed by atoms with E-state index in [2.05, 4.69) is 28.5 Å². The minimum Gasteiger partial charge on any atom is -0.481 e. The number of nitrogens with one attached hydrogen (secondary N) is 2. The molecule has 0 saturated carbocycles. The first-order valence-electron chi connectivity index (χ1n) is 10.2. The van der Waals surface area contributed by atoms with Crippen LogP contribution in [0, 0.1) is 0 Å². The maximum atomic E-state index is 12.6. The Morgan fingerprint density at radius 2 is 2.21 bits per heavy atom. The smallest absolute Gasteiger partial charge is 0.304 e. The third-order valence-corrected chi connectivity index (χ3v) is 5.55. The quantitative estimate of drug-likeness (QED) is 0.661. The van der Waals surface area contributed by atoms with Crippen molar-refractivity contribution < 1.29 is 19.4 Å². The fourth-order valence-corrected chi connectivity index (χ4v) is 3.94. The van der Waals surface area contributed by atoms with Crippen molar-refractivity contribution in [3.63, 3.8) is 0 Å². The lowest BCUT2D eigenvalue weighted by molar-refractivity contribution is -0.137. The van der Waals surface area contributed by atoms with E-state index in [0.29, 0.717) is 19.1 Å². The molecule has 3 unspecified atom stereocenters. The Morgan fingerprint density at radius 1 is 1.39 bits per heavy atom. The van der Waals surface area contributed by atoms with Crippen molar-refractivity contribution in [2.45, 2.75) is 64.3 Å². The second kappa shape index (κ2) is 9.49. The molecule has 0 aliphatic carbocycles. The molecule has 3 rings (SSSR count). The number of carboxylic acid groups (broad SMARTS) is 1. The predicted molar refractivity (Wildman–Crippen MR) is 107 cm³/mol. The van der Waals surface area contributed by atoms with E-state index in [1.165, 1.54) is 5.56 Å². The highest BCUT2D eigenvalue weighted by Crippen LogP contribution is 2.23. The molecule has 1 amide bonds. The molecule has 154 valence electrons. The van der Waals surface area contributed by atoms with Gasteiger partial charge in [0, 0.05) is 31.4 Å². The van der Waals surface area contributed by atoms with Gasteiger partial charge in [-0.1, -0.05) is 6.07 Å². The summed E-state index contributed by atoms with van der Waals surface area (Å²) in [5.74, 6) is -0.909. The lowest BCUT2D eigenvalue weighted by Crippen LogP contribution is -2.42. The summed E-state index contributed by atoms with van der Waals surface area (Å²) >= 11 is 0. The van der Waals surface area contributed by atoms with E-state index in [1.807, 2.05) is 12.1 Å². The number of anilines is 1. The minimum absolute atomic E-state index is 0.114. The molecule has 1 aromatic carbocycles. The van der Waals surface area contributed by atoms with Gasteiger partial charge in [0.2, 0.25) is 0 Å². The topological polar surface area (TPSA) is 90.9 Å². The number of amides is 1. The number of carbonyl (C=O) groups excluding carboxylic acids is 1. The second-order valence-electron chi connectivity index (χ2n) is 7.92. The third kappa shape index (κ3) is 5.77. The van der Waals surface area contributed by atoms with Crippen LogP contribution in [0.2, 0.25) is 0 Å². The first-order chi connectivity index (χ1) is 13.4. The van der Waals surface area contributed by atoms with Gasteiger partial charge in [-0.2, -0.15) is 0 Å². The lowest BCUT2D eigenvalue weighted by Gasteiger charge is -2.30. The number of carboxylic acids is 1. The van der Waals surface area contributed by atoms with Crippen LogP contribution in [0.4, 0.5) is 5.69 Å². The van der Waals surface area contributed by atoms with E-state index < -0.39 is 12.1 Å². The van der Waals surface area contributed by atoms with E-state index >= 15 is 0 Å². The standard InChI is InChI=1S/C21H31N3O4/c1-14-11-19(5-8-22-14)28-15(2)21(27)23-18-4-3-16-6-9-24(10-7-20(25)26)13-17(16)12-18/h3-4,12,14-15,19,22H,5-11,13H2,1-2H3,(H,23,27)(H,25,26). The molecule has 3 N–H and O–H groups in total. The van der Waals surface area contributed by atoms with Crippen molar-refractivity contribution in [1.29, 1.82) is 0 Å². The summed E-state index contributed by atoms with van der Waals surface area (Å²) in [5.41, 5.74) is 3.17. The summed E-state index contributed by atoms with van der Waals surface area (Å²) in [7, 11) is 0. The number of benzene rings is 1. The fraction of sp³-hybridized carbons (Fsp3) is 0.619. The summed E-state index contributed by atoms with van der Waals surface area (Å²) < 4.78 is 5.96. The third-order valence-electron chi connectivity index (χ3n) is 5.55. The number of hydrogen-bond donors (Lipinski definition) is 3. The van der Waals surface area contributed by atoms with Crippen molar-refractivity contribution in [2.24, 2.45) is 0 Å². The van der Waals surface area contributed by atoms with Gasteiger partial charge in [-0.15, -0.1) is 0 Å². The average Bonchev–Trinajstić information content (AvgIpc) is 2.66. The molecule has 3 atom stereocenters. The minimum atomic E-state index is -0.774. The van der Waals surface area contributed by atoms with Crippen LogP contribution in [-0.2, 0) is 27.3 Å². The van der Waals surface area contributed by atoms with E-state index in [0.717, 1.165) is 43.6 Å². The van der Waals surface area contributed by atoms with Gasteiger partial charge < -0.3 is 20.5 Å². The number of carbonyl (C=O) groups is 2. The summed E-state index contributed by atoms with van der Waals surface area (Å²) in [6.07, 6.45) is 2.50. The van der Waals surface area contributed by atoms with Crippen LogP contribution >= 0.6 is 0 Å². The summed E-state index contributed by atoms with van der Waals surface area (Å²) in [6.45, 7) is 6.98. The maximum absolute atomic E-state index is 12.6. The molecule has 0 spiro atoms. The van der Waals surface area contributed by atoms with Gasteiger partial charge in [0.05, 0.1) is 12.5 Å². The Kier molecular flexibility index (Phi) is 7.04. The van der Waals surface area contributed by atoms with E-state index in [9.17, 15) is 9.59 Å². The molecule has 7 heteroatoms. The lowest BCUT2D eigenvalue weighted by atomic mass is 9.99. The molecule has 0 aromatic heterocycles. The molecule has 1 fully saturated rings. The number of aliphatic carboxylic acids is 1. The second-order valence-corrected chi connectivity index (χ2v) is 7.92. The Balaban J connectivity index is 1.55. The monoisotopic (exact) mass is 389 g/mol. The molecular formula is C21H31N3O4. The highest BCUT2D eigenvalue weighted by atomic mass is 16.5. The van der Waals surface area contributed by atoms with Crippen LogP contribution in [0.1, 0.15) is 44.2 Å². The SMILES string of the molecule is CC1CC(OC(C)C(=O)Nc2ccc3c(c2)CN(CCC(=O)O)CC3)CCN1. The summed E-state index contributed by atoms with van der Waals surface area (Å²) in [4.78, 5) is 25.5. The number of fused-ring (bicyclic) bond motifs is 1. The molecule has 2 heterocycles. The number of ether oxygens (including phenoxy) is 1. The Labute approximate surface area is 166 Å². The molecule has 0 radical (unpaired) electrons. The van der Waals surface area contributed by atoms with Gasteiger partial charge in [-0.25, -0.2) is 0 Å². The van der Waals surface area contributed by atoms with Gasteiger partial charge >= 0.3 is 5.97 Å². The Morgan fingerprint density at radius 3 is 2.96 bits per heavy atom. The molecule has 1 saturated heterocycles. The highest BCUT2D eigenvalue weighted by molar-refractivity contribution is 5.94. The van der Waals surface area contributed by atoms with Gasteiger partial charge in [0.1, 0.15) is 6.10 Å². The van der Waals surface area contributed by atoms with Gasteiger partial charge in [0.25, 0.3) is 5.91 Å². The first-order valence-corrected chi connectivity index (χ1v) is 10.2.